The molecule has 1 atom stereocenters. The molecule has 43 heavy (non-hydrogen) atoms. The summed E-state index contributed by atoms with van der Waals surface area (Å²) in [6.07, 6.45) is 7.02. The van der Waals surface area contributed by atoms with Crippen molar-refractivity contribution in [1.82, 2.24) is 14.9 Å². The van der Waals surface area contributed by atoms with E-state index in [1.165, 1.54) is 12.3 Å². The van der Waals surface area contributed by atoms with Crippen LogP contribution < -0.4 is 20.1 Å². The Morgan fingerprint density at radius 3 is 2.77 bits per heavy atom. The normalized spacial score (nSPS) is 14.6. The summed E-state index contributed by atoms with van der Waals surface area (Å²) in [7, 11) is 3.84. The minimum atomic E-state index is -0.324. The van der Waals surface area contributed by atoms with Gasteiger partial charge >= 0.3 is 0 Å². The molecule has 1 saturated heterocycles. The van der Waals surface area contributed by atoms with Crippen molar-refractivity contribution in [1.29, 1.82) is 5.26 Å². The van der Waals surface area contributed by atoms with E-state index in [4.69, 9.17) is 25.8 Å². The number of nitrogens with one attached hydrogen (secondary N) is 2. The van der Waals surface area contributed by atoms with E-state index >= 15 is 0 Å². The molecule has 2 N–H and O–H groups in total. The maximum Gasteiger partial charge on any atom is 0.248 e. The highest BCUT2D eigenvalue weighted by Gasteiger charge is 2.22. The summed E-state index contributed by atoms with van der Waals surface area (Å²) in [5, 5.41) is 17.2. The highest BCUT2D eigenvalue weighted by molar-refractivity contribution is 6.32. The molecule has 10 nitrogen and oxygen atoms in total. The second-order valence-corrected chi connectivity index (χ2v) is 10.5. The van der Waals surface area contributed by atoms with E-state index in [2.05, 4.69) is 26.7 Å². The van der Waals surface area contributed by atoms with Gasteiger partial charge in [-0.05, 0) is 56.6 Å². The number of benzene rings is 2. The SMILES string of the molecule is CN(C)C/C=C/C(=O)Nc1c(O[C@H]2CCOC2)ccc2c(Nc3ccc(OCc4ccccn4)c(Cl)c3)c(C#N)cnc12. The molecule has 0 spiro atoms. The minimum Gasteiger partial charge on any atom is -0.486 e. The molecule has 2 aromatic carbocycles. The Bertz CT molecular complexity index is 1670. The highest BCUT2D eigenvalue weighted by Crippen LogP contribution is 2.39. The maximum atomic E-state index is 12.9. The van der Waals surface area contributed by atoms with E-state index in [0.29, 0.717) is 69.8 Å². The van der Waals surface area contributed by atoms with E-state index in [0.717, 1.165) is 12.1 Å². The first-order valence-corrected chi connectivity index (χ1v) is 14.1. The van der Waals surface area contributed by atoms with Crippen LogP contribution in [0.5, 0.6) is 11.5 Å². The minimum absolute atomic E-state index is 0.145. The Balaban J connectivity index is 1.46. The summed E-state index contributed by atoms with van der Waals surface area (Å²) in [5.41, 5.74) is 3.13. The molecule has 0 radical (unpaired) electrons. The number of fused-ring (bicyclic) bond motifs is 1. The van der Waals surface area contributed by atoms with E-state index in [1.54, 1.807) is 30.5 Å². The van der Waals surface area contributed by atoms with Crippen molar-refractivity contribution >= 4 is 45.5 Å². The van der Waals surface area contributed by atoms with Crippen LogP contribution in [0.3, 0.4) is 0 Å². The molecule has 2 aromatic heterocycles. The summed E-state index contributed by atoms with van der Waals surface area (Å²) in [6.45, 7) is 1.96. The Morgan fingerprint density at radius 2 is 2.05 bits per heavy atom. The number of aromatic nitrogens is 2. The number of carbonyl (C=O) groups excluding carboxylic acids is 1. The molecule has 1 amide bonds. The first-order chi connectivity index (χ1) is 20.9. The fourth-order valence-electron chi connectivity index (χ4n) is 4.48. The second kappa shape index (κ2) is 14.0. The lowest BCUT2D eigenvalue weighted by Gasteiger charge is -2.19. The van der Waals surface area contributed by atoms with Crippen molar-refractivity contribution in [3.8, 4) is 17.6 Å². The number of halogens is 1. The van der Waals surface area contributed by atoms with Crippen LogP contribution in [0.25, 0.3) is 10.9 Å². The fourth-order valence-corrected chi connectivity index (χ4v) is 4.72. The third-order valence-corrected chi connectivity index (χ3v) is 6.89. The number of carbonyl (C=O) groups is 1. The van der Waals surface area contributed by atoms with E-state index < -0.39 is 0 Å². The smallest absolute Gasteiger partial charge is 0.248 e. The maximum absolute atomic E-state index is 12.9. The van der Waals surface area contributed by atoms with E-state index in [-0.39, 0.29) is 18.6 Å². The summed E-state index contributed by atoms with van der Waals surface area (Å²) in [6, 6.07) is 16.7. The van der Waals surface area contributed by atoms with Crippen LogP contribution >= 0.6 is 11.6 Å². The molecule has 0 aliphatic carbocycles. The highest BCUT2D eigenvalue weighted by atomic mass is 35.5. The van der Waals surface area contributed by atoms with Crippen molar-refractivity contribution in [2.45, 2.75) is 19.1 Å². The molecule has 1 fully saturated rings. The van der Waals surface area contributed by atoms with Gasteiger partial charge in [0.1, 0.15) is 36.0 Å². The number of hydrogen-bond acceptors (Lipinski definition) is 9. The van der Waals surface area contributed by atoms with Crippen LogP contribution in [0.2, 0.25) is 5.02 Å². The average molecular weight is 599 g/mol. The molecular formula is C32H31ClN6O4. The molecule has 11 heteroatoms. The molecule has 3 heterocycles. The number of anilines is 3. The zero-order valence-corrected chi connectivity index (χ0v) is 24.6. The number of rotatable bonds is 11. The lowest BCUT2D eigenvalue weighted by atomic mass is 10.1. The molecular weight excluding hydrogens is 568 g/mol. The lowest BCUT2D eigenvalue weighted by Crippen LogP contribution is -2.18. The van der Waals surface area contributed by atoms with Crippen LogP contribution in [0.1, 0.15) is 17.7 Å². The van der Waals surface area contributed by atoms with Gasteiger partial charge in [0.2, 0.25) is 5.91 Å². The van der Waals surface area contributed by atoms with Gasteiger partial charge in [0, 0.05) is 42.5 Å². The Hall–Kier alpha value is -4.69. The number of nitriles is 1. The average Bonchev–Trinajstić information content (AvgIpc) is 3.51. The van der Waals surface area contributed by atoms with Gasteiger partial charge in [-0.25, -0.2) is 0 Å². The van der Waals surface area contributed by atoms with E-state index in [9.17, 15) is 10.1 Å². The van der Waals surface area contributed by atoms with Crippen molar-refractivity contribution in [3.05, 3.63) is 89.4 Å². The van der Waals surface area contributed by atoms with Crippen LogP contribution in [-0.2, 0) is 16.1 Å². The zero-order valence-electron chi connectivity index (χ0n) is 23.8. The van der Waals surface area contributed by atoms with Crippen molar-refractivity contribution in [3.63, 3.8) is 0 Å². The fraction of sp³-hybridized carbons (Fsp3) is 0.250. The van der Waals surface area contributed by atoms with Crippen LogP contribution in [0.15, 0.2) is 73.1 Å². The summed E-state index contributed by atoms with van der Waals surface area (Å²) in [5.74, 6) is 0.650. The monoisotopic (exact) mass is 598 g/mol. The predicted molar refractivity (Wildman–Crippen MR) is 166 cm³/mol. The molecule has 1 aliphatic rings. The third-order valence-electron chi connectivity index (χ3n) is 6.59. The molecule has 220 valence electrons. The van der Waals surface area contributed by atoms with Crippen molar-refractivity contribution < 1.29 is 19.0 Å². The van der Waals surface area contributed by atoms with Gasteiger partial charge < -0.3 is 29.7 Å². The first-order valence-electron chi connectivity index (χ1n) is 13.7. The topological polar surface area (TPSA) is 122 Å². The van der Waals surface area contributed by atoms with Crippen molar-refractivity contribution in [2.75, 3.05) is 44.5 Å². The number of pyridine rings is 2. The molecule has 4 aromatic rings. The predicted octanol–water partition coefficient (Wildman–Crippen LogP) is 5.70. The molecule has 0 unspecified atom stereocenters. The number of hydrogen-bond donors (Lipinski definition) is 2. The van der Waals surface area contributed by atoms with Gasteiger partial charge in [0.25, 0.3) is 0 Å². The van der Waals surface area contributed by atoms with Gasteiger partial charge in [-0.3, -0.25) is 14.8 Å². The third kappa shape index (κ3) is 7.59. The number of nitrogens with zero attached hydrogens (tertiary/aromatic N) is 4. The number of ether oxygens (including phenoxy) is 3. The largest absolute Gasteiger partial charge is 0.486 e. The lowest BCUT2D eigenvalue weighted by molar-refractivity contribution is -0.111. The Labute approximate surface area is 254 Å². The van der Waals surface area contributed by atoms with Crippen LogP contribution in [-0.4, -0.2) is 60.7 Å². The zero-order chi connectivity index (χ0) is 30.2. The molecule has 0 saturated carbocycles. The van der Waals surface area contributed by atoms with E-state index in [1.807, 2.05) is 49.3 Å². The summed E-state index contributed by atoms with van der Waals surface area (Å²) < 4.78 is 17.5. The van der Waals surface area contributed by atoms with Crippen molar-refractivity contribution in [2.24, 2.45) is 0 Å². The standard InChI is InChI=1S/C32H31ClN6O4/c1-39(2)14-5-7-29(40)38-32-28(43-24-12-15-41-20-24)11-9-25-30(21(17-34)18-36-31(25)32)37-22-8-10-27(26(33)16-22)42-19-23-6-3-4-13-35-23/h3-11,13,16,18,24H,12,14-15,19-20H2,1-2H3,(H,36,37)(H,38,40)/b7-5+/t24-/m0/s1. The van der Waals surface area contributed by atoms with Gasteiger partial charge in [-0.2, -0.15) is 5.26 Å². The van der Waals surface area contributed by atoms with Crippen LogP contribution in [0.4, 0.5) is 17.1 Å². The van der Waals surface area contributed by atoms with Gasteiger partial charge in [-0.15, -0.1) is 0 Å². The summed E-state index contributed by atoms with van der Waals surface area (Å²) in [4.78, 5) is 23.7. The summed E-state index contributed by atoms with van der Waals surface area (Å²) >= 11 is 6.55. The number of amides is 1. The first kappa shape index (κ1) is 29.8. The number of likely N-dealkylation sites (N-methyl/N-ethyl adjacent to an activating group) is 1. The second-order valence-electron chi connectivity index (χ2n) is 10.1. The Morgan fingerprint density at radius 1 is 1.19 bits per heavy atom. The van der Waals surface area contributed by atoms with Gasteiger partial charge in [0.15, 0.2) is 0 Å². The van der Waals surface area contributed by atoms with Crippen LogP contribution in [0, 0.1) is 11.3 Å². The Kier molecular flexibility index (Phi) is 9.69. The molecule has 1 aliphatic heterocycles. The molecule has 0 bridgehead atoms. The quantitative estimate of drug-likeness (QED) is 0.209. The molecule has 5 rings (SSSR count). The van der Waals surface area contributed by atoms with Gasteiger partial charge in [0.05, 0.1) is 40.7 Å². The van der Waals surface area contributed by atoms with Gasteiger partial charge in [-0.1, -0.05) is 23.7 Å².